The van der Waals surface area contributed by atoms with Crippen LogP contribution in [0.3, 0.4) is 0 Å². The molecular formula is C25H35N7O5. The van der Waals surface area contributed by atoms with Crippen molar-refractivity contribution in [1.82, 2.24) is 15.3 Å². The van der Waals surface area contributed by atoms with Gasteiger partial charge in [0.05, 0.1) is 24.6 Å². The fraction of sp³-hybridized carbons (Fsp3) is 0.480. The quantitative estimate of drug-likeness (QED) is 0.320. The highest BCUT2D eigenvalue weighted by Gasteiger charge is 2.25. The molecule has 0 fully saturated rings. The van der Waals surface area contributed by atoms with Crippen LogP contribution >= 0.6 is 0 Å². The van der Waals surface area contributed by atoms with Crippen LogP contribution in [0.1, 0.15) is 49.2 Å². The third kappa shape index (κ3) is 7.45. The number of aryl methyl sites for hydroxylation is 1. The van der Waals surface area contributed by atoms with Crippen molar-refractivity contribution in [2.45, 2.75) is 51.6 Å². The summed E-state index contributed by atoms with van der Waals surface area (Å²) in [6.07, 6.45) is 1.68. The Morgan fingerprint density at radius 1 is 1.14 bits per heavy atom. The molecule has 12 heteroatoms. The molecule has 12 nitrogen and oxygen atoms in total. The monoisotopic (exact) mass is 513 g/mol. The summed E-state index contributed by atoms with van der Waals surface area (Å²) in [5, 5.41) is 6.08. The molecule has 1 aromatic carbocycles. The molecule has 37 heavy (non-hydrogen) atoms. The van der Waals surface area contributed by atoms with Crippen molar-refractivity contribution >= 4 is 41.0 Å². The molecule has 6 N–H and O–H groups in total. The topological polar surface area (TPSA) is 175 Å². The first kappa shape index (κ1) is 27.5. The summed E-state index contributed by atoms with van der Waals surface area (Å²) < 4.78 is 9.96. The molecule has 0 aliphatic carbocycles. The van der Waals surface area contributed by atoms with E-state index < -0.39 is 23.9 Å². The number of carbonyl (C=O) groups excluding carboxylic acids is 3. The number of carbonyl (C=O) groups is 3. The second-order valence-electron chi connectivity index (χ2n) is 8.72. The smallest absolute Gasteiger partial charge is 0.328 e. The van der Waals surface area contributed by atoms with E-state index in [0.29, 0.717) is 17.9 Å². The molecule has 0 spiro atoms. The summed E-state index contributed by atoms with van der Waals surface area (Å²) in [6, 6.07) is 6.22. The van der Waals surface area contributed by atoms with Gasteiger partial charge in [-0.15, -0.1) is 0 Å². The highest BCUT2D eigenvalue weighted by atomic mass is 16.5. The Hall–Kier alpha value is -4.09. The minimum absolute atomic E-state index is 0.00777. The number of fused-ring (bicyclic) bond motifs is 1. The molecule has 2 atom stereocenters. The molecule has 1 amide bonds. The number of likely N-dealkylation sites (N-methyl/N-ethyl adjacent to an activating group) is 1. The molecule has 1 unspecified atom stereocenters. The van der Waals surface area contributed by atoms with Gasteiger partial charge >= 0.3 is 11.9 Å². The average molecular weight is 514 g/mol. The maximum atomic E-state index is 12.8. The number of esters is 2. The van der Waals surface area contributed by atoms with Crippen molar-refractivity contribution in [3.63, 3.8) is 0 Å². The van der Waals surface area contributed by atoms with Crippen LogP contribution in [0.15, 0.2) is 24.3 Å². The molecular weight excluding hydrogens is 478 g/mol. The van der Waals surface area contributed by atoms with Gasteiger partial charge in [-0.3, -0.25) is 9.59 Å². The summed E-state index contributed by atoms with van der Waals surface area (Å²) in [5.74, 6) is -0.948. The number of nitrogens with one attached hydrogen (secondary N) is 2. The van der Waals surface area contributed by atoms with Crippen molar-refractivity contribution in [3.8, 4) is 0 Å². The summed E-state index contributed by atoms with van der Waals surface area (Å²) in [7, 11) is 1.96. The molecule has 1 aliphatic heterocycles. The molecule has 3 rings (SSSR count). The fourth-order valence-corrected chi connectivity index (χ4v) is 4.14. The predicted octanol–water partition coefficient (Wildman–Crippen LogP) is 1.51. The Kier molecular flexibility index (Phi) is 9.47. The van der Waals surface area contributed by atoms with Gasteiger partial charge in [0, 0.05) is 37.3 Å². The first-order valence-corrected chi connectivity index (χ1v) is 12.3. The molecule has 0 saturated carbocycles. The van der Waals surface area contributed by atoms with Gasteiger partial charge in [-0.05, 0) is 57.4 Å². The lowest BCUT2D eigenvalue weighted by molar-refractivity contribution is -0.146. The highest BCUT2D eigenvalue weighted by molar-refractivity contribution is 5.97. The van der Waals surface area contributed by atoms with E-state index in [2.05, 4.69) is 25.5 Å². The first-order chi connectivity index (χ1) is 17.7. The number of nitrogens with two attached hydrogens (primary N) is 2. The molecule has 0 bridgehead atoms. The Balaban J connectivity index is 1.59. The van der Waals surface area contributed by atoms with Crippen LogP contribution in [-0.4, -0.2) is 66.7 Å². The number of rotatable bonds is 11. The number of hydrogen-bond acceptors (Lipinski definition) is 11. The minimum Gasteiger partial charge on any atom is -0.466 e. The van der Waals surface area contributed by atoms with Gasteiger partial charge in [0.2, 0.25) is 5.95 Å². The Morgan fingerprint density at radius 3 is 2.51 bits per heavy atom. The van der Waals surface area contributed by atoms with Gasteiger partial charge in [0.15, 0.2) is 5.82 Å². The van der Waals surface area contributed by atoms with Gasteiger partial charge in [0.1, 0.15) is 6.04 Å². The van der Waals surface area contributed by atoms with Crippen LogP contribution in [0.4, 0.5) is 23.1 Å². The molecule has 1 aromatic heterocycles. The number of benzene rings is 1. The number of amides is 1. The standard InChI is InChI=1S/C25H35N7O5/c1-4-36-20(33)13-12-19(24(35)37-5-2)29-23(34)15-6-9-17(10-7-15)32(3)14-16-8-11-18-21(28-16)22(26)31-25(27)30-18/h6-7,9-10,16,19,28H,4-5,8,11-14H2,1-3H3,(H,29,34)(H4,26,27,30,31)/t16?,19-/m0/s1. The van der Waals surface area contributed by atoms with Gasteiger partial charge in [-0.1, -0.05) is 0 Å². The summed E-state index contributed by atoms with van der Waals surface area (Å²) in [4.78, 5) is 47.2. The van der Waals surface area contributed by atoms with Gasteiger partial charge in [-0.25, -0.2) is 9.78 Å². The van der Waals surface area contributed by atoms with Crippen molar-refractivity contribution in [2.24, 2.45) is 0 Å². The zero-order valence-electron chi connectivity index (χ0n) is 21.5. The average Bonchev–Trinajstić information content (AvgIpc) is 2.87. The van der Waals surface area contributed by atoms with Crippen LogP contribution in [0.5, 0.6) is 0 Å². The van der Waals surface area contributed by atoms with E-state index in [0.717, 1.165) is 29.9 Å². The van der Waals surface area contributed by atoms with E-state index in [1.165, 1.54) is 0 Å². The molecule has 0 radical (unpaired) electrons. The normalized spacial score (nSPS) is 15.1. The van der Waals surface area contributed by atoms with E-state index >= 15 is 0 Å². The van der Waals surface area contributed by atoms with Crippen LogP contribution in [0.2, 0.25) is 0 Å². The van der Waals surface area contributed by atoms with Crippen LogP contribution < -0.4 is 27.0 Å². The minimum atomic E-state index is -0.953. The zero-order valence-corrected chi connectivity index (χ0v) is 21.5. The maximum Gasteiger partial charge on any atom is 0.328 e. The van der Waals surface area contributed by atoms with E-state index in [1.807, 2.05) is 19.2 Å². The molecule has 200 valence electrons. The molecule has 2 heterocycles. The van der Waals surface area contributed by atoms with Gasteiger partial charge in [-0.2, -0.15) is 4.98 Å². The fourth-order valence-electron chi connectivity index (χ4n) is 4.14. The van der Waals surface area contributed by atoms with Crippen LogP contribution in [-0.2, 0) is 25.5 Å². The van der Waals surface area contributed by atoms with Crippen molar-refractivity contribution < 1.29 is 23.9 Å². The summed E-state index contributed by atoms with van der Waals surface area (Å²) in [5.41, 5.74) is 14.5. The largest absolute Gasteiger partial charge is 0.466 e. The van der Waals surface area contributed by atoms with Crippen molar-refractivity contribution in [3.05, 3.63) is 35.5 Å². The lowest BCUT2D eigenvalue weighted by Crippen LogP contribution is -2.42. The summed E-state index contributed by atoms with van der Waals surface area (Å²) >= 11 is 0. The van der Waals surface area contributed by atoms with E-state index in [9.17, 15) is 14.4 Å². The molecule has 2 aromatic rings. The lowest BCUT2D eigenvalue weighted by atomic mass is 10.0. The van der Waals surface area contributed by atoms with E-state index in [-0.39, 0.29) is 38.0 Å². The summed E-state index contributed by atoms with van der Waals surface area (Å²) in [6.45, 7) is 4.49. The van der Waals surface area contributed by atoms with Gasteiger partial charge in [0.25, 0.3) is 5.91 Å². The highest BCUT2D eigenvalue weighted by Crippen LogP contribution is 2.29. The van der Waals surface area contributed by atoms with Crippen LogP contribution in [0.25, 0.3) is 0 Å². The van der Waals surface area contributed by atoms with Crippen molar-refractivity contribution in [2.75, 3.05) is 48.5 Å². The maximum absolute atomic E-state index is 12.8. The first-order valence-electron chi connectivity index (χ1n) is 12.3. The third-order valence-electron chi connectivity index (χ3n) is 5.99. The van der Waals surface area contributed by atoms with E-state index in [1.54, 1.807) is 26.0 Å². The number of ether oxygens (including phenoxy) is 2. The molecule has 1 aliphatic rings. The number of hydrogen-bond donors (Lipinski definition) is 4. The molecule has 0 saturated heterocycles. The van der Waals surface area contributed by atoms with Crippen LogP contribution in [0, 0.1) is 0 Å². The second-order valence-corrected chi connectivity index (χ2v) is 8.72. The van der Waals surface area contributed by atoms with Crippen molar-refractivity contribution in [1.29, 1.82) is 0 Å². The predicted molar refractivity (Wildman–Crippen MR) is 140 cm³/mol. The Bertz CT molecular complexity index is 1110. The zero-order chi connectivity index (χ0) is 26.9. The van der Waals surface area contributed by atoms with E-state index in [4.69, 9.17) is 20.9 Å². The number of aromatic nitrogens is 2. The SMILES string of the molecule is CCOC(=O)CC[C@H](NC(=O)c1ccc(N(C)CC2CCc3nc(N)nc(N)c3N2)cc1)C(=O)OCC. The number of nitrogen functional groups attached to an aromatic ring is 2. The van der Waals surface area contributed by atoms with Gasteiger partial charge < -0.3 is 36.5 Å². The Labute approximate surface area is 216 Å². The lowest BCUT2D eigenvalue weighted by Gasteiger charge is -2.31. The number of anilines is 4. The Morgan fingerprint density at radius 2 is 1.84 bits per heavy atom. The number of nitrogens with zero attached hydrogens (tertiary/aromatic N) is 3. The second kappa shape index (κ2) is 12.7. The third-order valence-corrected chi connectivity index (χ3v) is 5.99.